The van der Waals surface area contributed by atoms with Gasteiger partial charge in [0.15, 0.2) is 0 Å². The van der Waals surface area contributed by atoms with Crippen LogP contribution in [0.25, 0.3) is 0 Å². The van der Waals surface area contributed by atoms with Gasteiger partial charge < -0.3 is 10.2 Å². The molecule has 11 heteroatoms. The molecule has 0 spiro atoms. The van der Waals surface area contributed by atoms with Crippen LogP contribution in [0, 0.1) is 6.92 Å². The second kappa shape index (κ2) is 13.0. The maximum absolute atomic E-state index is 14.1. The molecule has 226 valence electrons. The Hall–Kier alpha value is -3.86. The van der Waals surface area contributed by atoms with Crippen molar-refractivity contribution >= 4 is 27.5 Å². The van der Waals surface area contributed by atoms with Gasteiger partial charge in [0.2, 0.25) is 11.8 Å². The van der Waals surface area contributed by atoms with Gasteiger partial charge in [0.1, 0.15) is 12.6 Å². The molecule has 0 aliphatic heterocycles. The minimum absolute atomic E-state index is 0.0155. The van der Waals surface area contributed by atoms with Gasteiger partial charge in [-0.05, 0) is 70.0 Å². The highest BCUT2D eigenvalue weighted by Crippen LogP contribution is 2.33. The number of anilines is 1. The molecule has 7 nitrogen and oxygen atoms in total. The number of nitrogens with zero attached hydrogens (tertiary/aromatic N) is 2. The molecule has 0 saturated carbocycles. The minimum Gasteiger partial charge on any atom is -0.350 e. The molecule has 1 N–H and O–H groups in total. The standard InChI is InChI=1S/C31H36F3N3O4S/c1-6-27(29(39)35-30(3,4)5)36(20-23-13-10-12-22(2)18-23)28(38)21-37(42(40,41)26-16-8-7-9-17-26)25-15-11-14-24(19-25)31(32,33)34/h7-19,27H,6,20-21H2,1-5H3,(H,35,39). The number of halogens is 3. The lowest BCUT2D eigenvalue weighted by atomic mass is 10.0. The largest absolute Gasteiger partial charge is 0.416 e. The summed E-state index contributed by atoms with van der Waals surface area (Å²) in [4.78, 5) is 28.5. The molecular weight excluding hydrogens is 567 g/mol. The summed E-state index contributed by atoms with van der Waals surface area (Å²) < 4.78 is 69.1. The molecule has 1 unspecified atom stereocenters. The van der Waals surface area contributed by atoms with Crippen LogP contribution >= 0.6 is 0 Å². The van der Waals surface area contributed by atoms with Crippen LogP contribution in [0.1, 0.15) is 50.8 Å². The van der Waals surface area contributed by atoms with E-state index in [2.05, 4.69) is 5.32 Å². The molecule has 3 aromatic carbocycles. The summed E-state index contributed by atoms with van der Waals surface area (Å²) in [6, 6.07) is 17.3. The van der Waals surface area contributed by atoms with E-state index in [4.69, 9.17) is 0 Å². The normalized spacial score (nSPS) is 12.9. The predicted molar refractivity (Wildman–Crippen MR) is 156 cm³/mol. The third-order valence-electron chi connectivity index (χ3n) is 6.39. The fraction of sp³-hybridized carbons (Fsp3) is 0.355. The predicted octanol–water partition coefficient (Wildman–Crippen LogP) is 5.93. The van der Waals surface area contributed by atoms with Gasteiger partial charge >= 0.3 is 6.18 Å². The van der Waals surface area contributed by atoms with E-state index in [0.29, 0.717) is 15.9 Å². The molecule has 0 radical (unpaired) electrons. The van der Waals surface area contributed by atoms with E-state index in [9.17, 15) is 31.2 Å². The number of aryl methyl sites for hydroxylation is 1. The van der Waals surface area contributed by atoms with Crippen LogP contribution in [0.3, 0.4) is 0 Å². The molecule has 0 heterocycles. The third-order valence-corrected chi connectivity index (χ3v) is 8.18. The highest BCUT2D eigenvalue weighted by Gasteiger charge is 2.36. The van der Waals surface area contributed by atoms with Crippen LogP contribution in [-0.2, 0) is 32.3 Å². The fourth-order valence-corrected chi connectivity index (χ4v) is 5.89. The van der Waals surface area contributed by atoms with Crippen LogP contribution in [0.2, 0.25) is 0 Å². The van der Waals surface area contributed by atoms with Gasteiger partial charge in [-0.25, -0.2) is 8.42 Å². The number of carbonyl (C=O) groups is 2. The SMILES string of the molecule is CCC(C(=O)NC(C)(C)C)N(Cc1cccc(C)c1)C(=O)CN(c1cccc(C(F)(F)F)c1)S(=O)(=O)c1ccccc1. The Morgan fingerprint density at radius 2 is 1.55 bits per heavy atom. The summed E-state index contributed by atoms with van der Waals surface area (Å²) in [7, 11) is -4.49. The smallest absolute Gasteiger partial charge is 0.350 e. The van der Waals surface area contributed by atoms with E-state index in [1.165, 1.54) is 35.2 Å². The van der Waals surface area contributed by atoms with Crippen molar-refractivity contribution in [3.05, 3.63) is 95.6 Å². The molecule has 3 rings (SSSR count). The van der Waals surface area contributed by atoms with Crippen LogP contribution in [0.5, 0.6) is 0 Å². The first-order chi connectivity index (χ1) is 19.5. The van der Waals surface area contributed by atoms with Gasteiger partial charge in [0, 0.05) is 12.1 Å². The Bertz CT molecular complexity index is 1500. The molecule has 0 aliphatic rings. The van der Waals surface area contributed by atoms with E-state index < -0.39 is 51.7 Å². The van der Waals surface area contributed by atoms with Crippen molar-refractivity contribution in [2.45, 2.75) is 70.2 Å². The van der Waals surface area contributed by atoms with Crippen molar-refractivity contribution in [2.24, 2.45) is 0 Å². The first kappa shape index (κ1) is 32.7. The molecule has 1 atom stereocenters. The van der Waals surface area contributed by atoms with Gasteiger partial charge in [-0.3, -0.25) is 13.9 Å². The summed E-state index contributed by atoms with van der Waals surface area (Å²) in [5, 5.41) is 2.88. The monoisotopic (exact) mass is 603 g/mol. The molecule has 42 heavy (non-hydrogen) atoms. The number of alkyl halides is 3. The molecule has 0 fully saturated rings. The summed E-state index contributed by atoms with van der Waals surface area (Å²) in [6.07, 6.45) is -4.52. The van der Waals surface area contributed by atoms with Crippen molar-refractivity contribution in [3.8, 4) is 0 Å². The lowest BCUT2D eigenvalue weighted by Gasteiger charge is -2.35. The number of rotatable bonds is 10. The van der Waals surface area contributed by atoms with E-state index in [1.807, 2.05) is 19.1 Å². The number of amides is 2. The van der Waals surface area contributed by atoms with Crippen LogP contribution in [0.4, 0.5) is 18.9 Å². The third kappa shape index (κ3) is 8.34. The average molecular weight is 604 g/mol. The minimum atomic E-state index is -4.74. The molecule has 0 aliphatic carbocycles. The summed E-state index contributed by atoms with van der Waals surface area (Å²) in [6.45, 7) is 8.16. The lowest BCUT2D eigenvalue weighted by molar-refractivity contribution is -0.141. The van der Waals surface area contributed by atoms with E-state index >= 15 is 0 Å². The summed E-state index contributed by atoms with van der Waals surface area (Å²) in [5.41, 5.74) is -0.368. The van der Waals surface area contributed by atoms with Crippen molar-refractivity contribution in [1.82, 2.24) is 10.2 Å². The quantitative estimate of drug-likeness (QED) is 0.311. The maximum atomic E-state index is 14.1. The van der Waals surface area contributed by atoms with Crippen LogP contribution in [-0.4, -0.2) is 43.3 Å². The zero-order chi connectivity index (χ0) is 31.3. The fourth-order valence-electron chi connectivity index (χ4n) is 4.47. The number of hydrogen-bond acceptors (Lipinski definition) is 4. The Kier molecular flexibility index (Phi) is 10.1. The number of carbonyl (C=O) groups excluding carboxylic acids is 2. The van der Waals surface area contributed by atoms with Gasteiger partial charge in [0.05, 0.1) is 16.1 Å². The number of sulfonamides is 1. The first-order valence-electron chi connectivity index (χ1n) is 13.4. The molecule has 3 aromatic rings. The molecular formula is C31H36F3N3O4S. The highest BCUT2D eigenvalue weighted by molar-refractivity contribution is 7.92. The average Bonchev–Trinajstić information content (AvgIpc) is 2.90. The highest BCUT2D eigenvalue weighted by atomic mass is 32.2. The van der Waals surface area contributed by atoms with E-state index in [-0.39, 0.29) is 23.5 Å². The molecule has 0 bridgehead atoms. The van der Waals surface area contributed by atoms with Gasteiger partial charge in [-0.1, -0.05) is 61.0 Å². The zero-order valence-electron chi connectivity index (χ0n) is 24.3. The van der Waals surface area contributed by atoms with Gasteiger partial charge in [-0.2, -0.15) is 13.2 Å². The first-order valence-corrected chi connectivity index (χ1v) is 14.9. The number of benzene rings is 3. The molecule has 0 aromatic heterocycles. The summed E-state index contributed by atoms with van der Waals surface area (Å²) >= 11 is 0. The maximum Gasteiger partial charge on any atom is 0.416 e. The van der Waals surface area contributed by atoms with E-state index in [1.54, 1.807) is 45.9 Å². The Morgan fingerprint density at radius 1 is 0.905 bits per heavy atom. The second-order valence-corrected chi connectivity index (χ2v) is 12.9. The second-order valence-electron chi connectivity index (χ2n) is 11.0. The van der Waals surface area contributed by atoms with E-state index in [0.717, 1.165) is 17.7 Å². The molecule has 0 saturated heterocycles. The van der Waals surface area contributed by atoms with Crippen LogP contribution < -0.4 is 9.62 Å². The van der Waals surface area contributed by atoms with Crippen molar-refractivity contribution in [1.29, 1.82) is 0 Å². The van der Waals surface area contributed by atoms with Crippen LogP contribution in [0.15, 0.2) is 83.8 Å². The van der Waals surface area contributed by atoms with Gasteiger partial charge in [-0.15, -0.1) is 0 Å². The Labute approximate surface area is 245 Å². The lowest BCUT2D eigenvalue weighted by Crippen LogP contribution is -2.55. The topological polar surface area (TPSA) is 86.8 Å². The molecule has 2 amide bonds. The Morgan fingerprint density at radius 3 is 2.12 bits per heavy atom. The van der Waals surface area contributed by atoms with Gasteiger partial charge in [0.25, 0.3) is 10.0 Å². The van der Waals surface area contributed by atoms with Crippen molar-refractivity contribution in [2.75, 3.05) is 10.8 Å². The zero-order valence-corrected chi connectivity index (χ0v) is 25.1. The van der Waals surface area contributed by atoms with Crippen molar-refractivity contribution in [3.63, 3.8) is 0 Å². The van der Waals surface area contributed by atoms with Crippen molar-refractivity contribution < 1.29 is 31.2 Å². The number of hydrogen-bond donors (Lipinski definition) is 1. The summed E-state index contributed by atoms with van der Waals surface area (Å²) in [5.74, 6) is -1.17. The Balaban J connectivity index is 2.12. The number of nitrogens with one attached hydrogen (secondary N) is 1.